The fourth-order valence-corrected chi connectivity index (χ4v) is 7.82. The highest BCUT2D eigenvalue weighted by Gasteiger charge is 2.41. The van der Waals surface area contributed by atoms with Crippen LogP contribution in [0.4, 0.5) is 0 Å². The van der Waals surface area contributed by atoms with Crippen molar-refractivity contribution in [2.24, 2.45) is 5.92 Å². The molecule has 6 nitrogen and oxygen atoms in total. The highest BCUT2D eigenvalue weighted by Crippen LogP contribution is 2.52. The van der Waals surface area contributed by atoms with Crippen molar-refractivity contribution in [3.8, 4) is 5.75 Å². The molecule has 0 N–H and O–H groups in total. The smallest absolute Gasteiger partial charge is 0.219 e. The summed E-state index contributed by atoms with van der Waals surface area (Å²) in [5.41, 5.74) is 1.49. The summed E-state index contributed by atoms with van der Waals surface area (Å²) in [6.45, 7) is 7.37. The van der Waals surface area contributed by atoms with Gasteiger partial charge in [0.05, 0.1) is 24.7 Å². The van der Waals surface area contributed by atoms with Crippen LogP contribution in [0.25, 0.3) is 10.2 Å². The van der Waals surface area contributed by atoms with Gasteiger partial charge in [-0.1, -0.05) is 0 Å². The van der Waals surface area contributed by atoms with Gasteiger partial charge in [-0.25, -0.2) is 4.98 Å². The number of hydrogen-bond donors (Lipinski definition) is 0. The molecule has 2 saturated heterocycles. The van der Waals surface area contributed by atoms with E-state index in [9.17, 15) is 4.79 Å². The molecule has 172 valence electrons. The minimum atomic E-state index is 0.210. The molecule has 4 aliphatic rings. The summed E-state index contributed by atoms with van der Waals surface area (Å²) in [7, 11) is 0. The first-order valence-corrected chi connectivity index (χ1v) is 13.1. The lowest BCUT2D eigenvalue weighted by molar-refractivity contribution is -0.130. The van der Waals surface area contributed by atoms with Crippen LogP contribution in [0.2, 0.25) is 0 Å². The van der Waals surface area contributed by atoms with Crippen LogP contribution in [-0.2, 0) is 16.0 Å². The standard InChI is InChI=1S/C25H33N3O3S/c1-16(29)28-9-7-20-17(15-28)14-22-23(20)24-21(6-8-26-25(24)32-22)31-19-4-2-18(3-5-19)27-10-12-30-13-11-27/h6,8,17-20H,2-5,7,9-15H2,1H3/t17-,18?,19?,20-/m0/s1. The Hall–Kier alpha value is -1.70. The normalized spacial score (nSPS) is 30.8. The summed E-state index contributed by atoms with van der Waals surface area (Å²) < 4.78 is 12.2. The van der Waals surface area contributed by atoms with Crippen molar-refractivity contribution in [3.63, 3.8) is 0 Å². The van der Waals surface area contributed by atoms with E-state index in [4.69, 9.17) is 14.5 Å². The number of fused-ring (bicyclic) bond motifs is 5. The van der Waals surface area contributed by atoms with Crippen LogP contribution in [-0.4, -0.2) is 72.2 Å². The molecule has 1 amide bonds. The molecule has 32 heavy (non-hydrogen) atoms. The lowest BCUT2D eigenvalue weighted by Gasteiger charge is -2.38. The van der Waals surface area contributed by atoms with Crippen molar-refractivity contribution in [3.05, 3.63) is 22.7 Å². The Morgan fingerprint density at radius 2 is 1.97 bits per heavy atom. The van der Waals surface area contributed by atoms with Crippen molar-refractivity contribution in [1.29, 1.82) is 0 Å². The number of carbonyl (C=O) groups excluding carboxylic acids is 1. The Morgan fingerprint density at radius 1 is 1.16 bits per heavy atom. The quantitative estimate of drug-likeness (QED) is 0.704. The molecule has 2 atom stereocenters. The van der Waals surface area contributed by atoms with E-state index in [1.807, 2.05) is 22.4 Å². The number of pyridine rings is 1. The summed E-state index contributed by atoms with van der Waals surface area (Å²) in [6.07, 6.45) is 9.02. The van der Waals surface area contributed by atoms with Gasteiger partial charge in [0, 0.05) is 50.2 Å². The SMILES string of the molecule is CC(=O)N1CC[C@@H]2c3c(sc4nccc(OC5CCC(N6CCOCC6)CC5)c34)C[C@H]2C1. The average Bonchev–Trinajstić information content (AvgIpc) is 3.35. The molecule has 0 unspecified atom stereocenters. The topological polar surface area (TPSA) is 54.9 Å². The van der Waals surface area contributed by atoms with Gasteiger partial charge < -0.3 is 14.4 Å². The van der Waals surface area contributed by atoms with Crippen molar-refractivity contribution < 1.29 is 14.3 Å². The minimum Gasteiger partial charge on any atom is -0.490 e. The predicted molar refractivity (Wildman–Crippen MR) is 125 cm³/mol. The Morgan fingerprint density at radius 3 is 2.75 bits per heavy atom. The maximum Gasteiger partial charge on any atom is 0.219 e. The summed E-state index contributed by atoms with van der Waals surface area (Å²) in [5, 5.41) is 1.27. The van der Waals surface area contributed by atoms with Crippen LogP contribution < -0.4 is 4.74 Å². The summed E-state index contributed by atoms with van der Waals surface area (Å²) >= 11 is 1.84. The third kappa shape index (κ3) is 3.72. The fraction of sp³-hybridized carbons (Fsp3) is 0.680. The molecular formula is C25H33N3O3S. The lowest BCUT2D eigenvalue weighted by atomic mass is 9.85. The number of morpholine rings is 1. The van der Waals surface area contributed by atoms with E-state index >= 15 is 0 Å². The molecule has 3 fully saturated rings. The molecule has 2 aliphatic carbocycles. The number of hydrogen-bond acceptors (Lipinski definition) is 6. The van der Waals surface area contributed by atoms with E-state index in [2.05, 4.69) is 11.0 Å². The Balaban J connectivity index is 1.19. The van der Waals surface area contributed by atoms with E-state index in [1.165, 1.54) is 28.7 Å². The largest absolute Gasteiger partial charge is 0.490 e. The van der Waals surface area contributed by atoms with Gasteiger partial charge in [-0.2, -0.15) is 0 Å². The van der Waals surface area contributed by atoms with Gasteiger partial charge in [0.15, 0.2) is 0 Å². The van der Waals surface area contributed by atoms with Gasteiger partial charge in [-0.05, 0) is 62.0 Å². The van der Waals surface area contributed by atoms with E-state index in [-0.39, 0.29) is 5.91 Å². The highest BCUT2D eigenvalue weighted by molar-refractivity contribution is 7.19. The number of ether oxygens (including phenoxy) is 2. The van der Waals surface area contributed by atoms with Gasteiger partial charge in [0.2, 0.25) is 5.91 Å². The molecule has 2 aliphatic heterocycles. The van der Waals surface area contributed by atoms with Crippen molar-refractivity contribution in [2.45, 2.75) is 63.5 Å². The summed E-state index contributed by atoms with van der Waals surface area (Å²) in [4.78, 5) is 23.9. The van der Waals surface area contributed by atoms with Crippen LogP contribution in [0, 0.1) is 5.92 Å². The van der Waals surface area contributed by atoms with Crippen LogP contribution in [0.15, 0.2) is 12.3 Å². The maximum absolute atomic E-state index is 11.9. The third-order valence-electron chi connectivity index (χ3n) is 8.16. The molecule has 0 spiro atoms. The highest BCUT2D eigenvalue weighted by atomic mass is 32.1. The van der Waals surface area contributed by atoms with Crippen molar-refractivity contribution >= 4 is 27.5 Å². The average molecular weight is 456 g/mol. The van der Waals surface area contributed by atoms with Crippen LogP contribution in [0.5, 0.6) is 5.75 Å². The zero-order chi connectivity index (χ0) is 21.7. The number of piperidine rings is 1. The Kier molecular flexibility index (Phi) is 5.60. The number of thiophene rings is 1. The van der Waals surface area contributed by atoms with Gasteiger partial charge in [-0.15, -0.1) is 11.3 Å². The monoisotopic (exact) mass is 455 g/mol. The number of carbonyl (C=O) groups is 1. The first-order chi connectivity index (χ1) is 15.7. The van der Waals surface area contributed by atoms with Gasteiger partial charge in [-0.3, -0.25) is 9.69 Å². The Bertz CT molecular complexity index is 994. The second kappa shape index (κ2) is 8.58. The molecule has 6 rings (SSSR count). The first-order valence-electron chi connectivity index (χ1n) is 12.3. The lowest BCUT2D eigenvalue weighted by Crippen LogP contribution is -2.46. The molecule has 0 aromatic carbocycles. The molecule has 2 aromatic rings. The number of rotatable bonds is 3. The van der Waals surface area contributed by atoms with Gasteiger partial charge >= 0.3 is 0 Å². The summed E-state index contributed by atoms with van der Waals surface area (Å²) in [5.74, 6) is 2.34. The molecular weight excluding hydrogens is 422 g/mol. The fourth-order valence-electron chi connectivity index (χ4n) is 6.50. The minimum absolute atomic E-state index is 0.210. The molecule has 4 heterocycles. The first kappa shape index (κ1) is 20.9. The number of aromatic nitrogens is 1. The number of amides is 1. The maximum atomic E-state index is 11.9. The molecule has 2 aromatic heterocycles. The zero-order valence-electron chi connectivity index (χ0n) is 18.9. The van der Waals surface area contributed by atoms with E-state index in [0.29, 0.717) is 24.0 Å². The van der Waals surface area contributed by atoms with Gasteiger partial charge in [0.1, 0.15) is 10.6 Å². The van der Waals surface area contributed by atoms with Crippen molar-refractivity contribution in [2.75, 3.05) is 39.4 Å². The number of likely N-dealkylation sites (tertiary alicyclic amines) is 1. The van der Waals surface area contributed by atoms with Crippen LogP contribution in [0.3, 0.4) is 0 Å². The second-order valence-electron chi connectivity index (χ2n) is 9.95. The van der Waals surface area contributed by atoms with Crippen LogP contribution >= 0.6 is 11.3 Å². The predicted octanol–water partition coefficient (Wildman–Crippen LogP) is 3.83. The zero-order valence-corrected chi connectivity index (χ0v) is 19.7. The molecule has 7 heteroatoms. The van der Waals surface area contributed by atoms with Crippen molar-refractivity contribution in [1.82, 2.24) is 14.8 Å². The molecule has 1 saturated carbocycles. The summed E-state index contributed by atoms with van der Waals surface area (Å²) in [6, 6.07) is 2.77. The number of nitrogens with zero attached hydrogens (tertiary/aromatic N) is 3. The van der Waals surface area contributed by atoms with E-state index in [1.54, 1.807) is 6.92 Å². The molecule has 0 bridgehead atoms. The van der Waals surface area contributed by atoms with E-state index < -0.39 is 0 Å². The molecule has 0 radical (unpaired) electrons. The van der Waals surface area contributed by atoms with E-state index in [0.717, 1.165) is 75.7 Å². The van der Waals surface area contributed by atoms with Gasteiger partial charge in [0.25, 0.3) is 0 Å². The second-order valence-corrected chi connectivity index (χ2v) is 11.0. The Labute approximate surface area is 193 Å². The van der Waals surface area contributed by atoms with Crippen LogP contribution in [0.1, 0.15) is 55.4 Å². The third-order valence-corrected chi connectivity index (χ3v) is 9.30.